The number of aromatic carboxylic acids is 1. The Morgan fingerprint density at radius 1 is 1.50 bits per heavy atom. The maximum atomic E-state index is 11.0. The topological polar surface area (TPSA) is 49.3 Å². The molecule has 1 atom stereocenters. The van der Waals surface area contributed by atoms with E-state index in [1.165, 1.54) is 12.8 Å². The van der Waals surface area contributed by atoms with Crippen molar-refractivity contribution in [3.63, 3.8) is 0 Å². The van der Waals surface area contributed by atoms with Crippen LogP contribution in [0.1, 0.15) is 36.5 Å². The van der Waals surface area contributed by atoms with Crippen molar-refractivity contribution in [1.29, 1.82) is 0 Å². The molecule has 0 bridgehead atoms. The number of anilines is 1. The van der Waals surface area contributed by atoms with Crippen LogP contribution in [0, 0.1) is 5.92 Å². The van der Waals surface area contributed by atoms with Crippen LogP contribution in [-0.2, 0) is 0 Å². The van der Waals surface area contributed by atoms with Crippen LogP contribution in [0.3, 0.4) is 0 Å². The second kappa shape index (κ2) is 4.56. The van der Waals surface area contributed by atoms with E-state index in [-0.39, 0.29) is 0 Å². The van der Waals surface area contributed by atoms with Gasteiger partial charge < -0.3 is 10.4 Å². The number of hydrogen-bond acceptors (Lipinski definition) is 2. The first-order valence-electron chi connectivity index (χ1n) is 5.75. The summed E-state index contributed by atoms with van der Waals surface area (Å²) < 4.78 is 0. The van der Waals surface area contributed by atoms with Crippen LogP contribution in [0.15, 0.2) is 24.3 Å². The third-order valence-electron chi connectivity index (χ3n) is 2.94. The maximum absolute atomic E-state index is 11.0. The second-order valence-electron chi connectivity index (χ2n) is 4.58. The Bertz CT molecular complexity index is 385. The molecule has 0 aromatic heterocycles. The van der Waals surface area contributed by atoms with Crippen molar-refractivity contribution in [2.45, 2.75) is 32.2 Å². The zero-order valence-corrected chi connectivity index (χ0v) is 9.44. The minimum Gasteiger partial charge on any atom is -0.478 e. The average molecular weight is 219 g/mol. The molecule has 1 unspecified atom stereocenters. The van der Waals surface area contributed by atoms with Crippen molar-refractivity contribution in [3.05, 3.63) is 29.8 Å². The lowest BCUT2D eigenvalue weighted by Gasteiger charge is -2.16. The standard InChI is InChI=1S/C13H17NO2/c1-9(8-10-6-7-10)14-12-5-3-2-4-11(12)13(15)16/h2-5,9-10,14H,6-8H2,1H3,(H,15,16). The van der Waals surface area contributed by atoms with Gasteiger partial charge in [-0.1, -0.05) is 25.0 Å². The first kappa shape index (κ1) is 11.0. The van der Waals surface area contributed by atoms with Crippen molar-refractivity contribution in [2.75, 3.05) is 5.32 Å². The molecule has 86 valence electrons. The molecule has 1 saturated carbocycles. The largest absolute Gasteiger partial charge is 0.478 e. The lowest BCUT2D eigenvalue weighted by molar-refractivity contribution is 0.0698. The number of hydrogen-bond donors (Lipinski definition) is 2. The minimum absolute atomic E-state index is 0.341. The molecule has 0 radical (unpaired) electrons. The molecule has 0 aliphatic heterocycles. The molecule has 16 heavy (non-hydrogen) atoms. The smallest absolute Gasteiger partial charge is 0.337 e. The van der Waals surface area contributed by atoms with Crippen LogP contribution in [0.2, 0.25) is 0 Å². The molecule has 2 N–H and O–H groups in total. The summed E-state index contributed by atoms with van der Waals surface area (Å²) in [5.41, 5.74) is 1.08. The summed E-state index contributed by atoms with van der Waals surface area (Å²) in [6.45, 7) is 2.11. The molecule has 0 heterocycles. The van der Waals surface area contributed by atoms with Gasteiger partial charge in [-0.05, 0) is 31.4 Å². The molecule has 0 saturated heterocycles. The summed E-state index contributed by atoms with van der Waals surface area (Å²) in [6.07, 6.45) is 3.78. The Labute approximate surface area is 95.5 Å². The number of para-hydroxylation sites is 1. The first-order valence-corrected chi connectivity index (χ1v) is 5.75. The third-order valence-corrected chi connectivity index (χ3v) is 2.94. The fourth-order valence-corrected chi connectivity index (χ4v) is 1.97. The number of carbonyl (C=O) groups is 1. The number of carboxylic acids is 1. The predicted molar refractivity (Wildman–Crippen MR) is 63.8 cm³/mol. The van der Waals surface area contributed by atoms with Gasteiger partial charge in [-0.3, -0.25) is 0 Å². The van der Waals surface area contributed by atoms with Gasteiger partial charge in [0.2, 0.25) is 0 Å². The number of carboxylic acid groups (broad SMARTS) is 1. The number of benzene rings is 1. The highest BCUT2D eigenvalue weighted by atomic mass is 16.4. The summed E-state index contributed by atoms with van der Waals surface area (Å²) in [6, 6.07) is 7.41. The Balaban J connectivity index is 2.04. The highest BCUT2D eigenvalue weighted by Crippen LogP contribution is 2.34. The van der Waals surface area contributed by atoms with E-state index in [1.54, 1.807) is 12.1 Å². The van der Waals surface area contributed by atoms with Gasteiger partial charge in [-0.2, -0.15) is 0 Å². The molecule has 2 rings (SSSR count). The van der Waals surface area contributed by atoms with Gasteiger partial charge >= 0.3 is 5.97 Å². The van der Waals surface area contributed by atoms with Crippen molar-refractivity contribution < 1.29 is 9.90 Å². The lowest BCUT2D eigenvalue weighted by atomic mass is 10.1. The van der Waals surface area contributed by atoms with Crippen molar-refractivity contribution in [2.24, 2.45) is 5.92 Å². The molecule has 1 aromatic rings. The van der Waals surface area contributed by atoms with Crippen LogP contribution in [0.5, 0.6) is 0 Å². The van der Waals surface area contributed by atoms with E-state index in [4.69, 9.17) is 5.11 Å². The lowest BCUT2D eigenvalue weighted by Crippen LogP contribution is -2.17. The van der Waals surface area contributed by atoms with Crippen molar-refractivity contribution in [1.82, 2.24) is 0 Å². The van der Waals surface area contributed by atoms with Gasteiger partial charge in [-0.25, -0.2) is 4.79 Å². The van der Waals surface area contributed by atoms with E-state index in [2.05, 4.69) is 12.2 Å². The molecular weight excluding hydrogens is 202 g/mol. The summed E-state index contributed by atoms with van der Waals surface area (Å²) in [5, 5.41) is 12.3. The van der Waals surface area contributed by atoms with Gasteiger partial charge in [0, 0.05) is 11.7 Å². The van der Waals surface area contributed by atoms with Crippen LogP contribution < -0.4 is 5.32 Å². The average Bonchev–Trinajstić information content (AvgIpc) is 3.02. The van der Waals surface area contributed by atoms with Crippen LogP contribution in [0.25, 0.3) is 0 Å². The molecule has 1 aliphatic carbocycles. The third kappa shape index (κ3) is 2.75. The van der Waals surface area contributed by atoms with Gasteiger partial charge in [0.25, 0.3) is 0 Å². The Hall–Kier alpha value is -1.51. The van der Waals surface area contributed by atoms with Crippen LogP contribution in [0.4, 0.5) is 5.69 Å². The quantitative estimate of drug-likeness (QED) is 0.800. The number of nitrogens with one attached hydrogen (secondary N) is 1. The second-order valence-corrected chi connectivity index (χ2v) is 4.58. The fraction of sp³-hybridized carbons (Fsp3) is 0.462. The first-order chi connectivity index (χ1) is 7.66. The van der Waals surface area contributed by atoms with Gasteiger partial charge in [0.15, 0.2) is 0 Å². The normalized spacial score (nSPS) is 16.8. The summed E-state index contributed by atoms with van der Waals surface area (Å²) in [5.74, 6) is -0.0267. The van der Waals surface area contributed by atoms with Crippen molar-refractivity contribution >= 4 is 11.7 Å². The van der Waals surface area contributed by atoms with Crippen LogP contribution in [-0.4, -0.2) is 17.1 Å². The van der Waals surface area contributed by atoms with Crippen LogP contribution >= 0.6 is 0 Å². The summed E-state index contributed by atoms with van der Waals surface area (Å²) in [7, 11) is 0. The fourth-order valence-electron chi connectivity index (χ4n) is 1.97. The Morgan fingerprint density at radius 2 is 2.19 bits per heavy atom. The van der Waals surface area contributed by atoms with E-state index < -0.39 is 5.97 Å². The maximum Gasteiger partial charge on any atom is 0.337 e. The van der Waals surface area contributed by atoms with E-state index in [9.17, 15) is 4.79 Å². The molecular formula is C13H17NO2. The Kier molecular flexibility index (Phi) is 3.13. The van der Waals surface area contributed by atoms with Gasteiger partial charge in [0.1, 0.15) is 0 Å². The molecule has 0 spiro atoms. The van der Waals surface area contributed by atoms with E-state index in [1.807, 2.05) is 12.1 Å². The summed E-state index contributed by atoms with van der Waals surface area (Å²) in [4.78, 5) is 11.0. The monoisotopic (exact) mass is 219 g/mol. The highest BCUT2D eigenvalue weighted by molar-refractivity contribution is 5.94. The van der Waals surface area contributed by atoms with E-state index in [0.717, 1.165) is 18.0 Å². The Morgan fingerprint density at radius 3 is 2.81 bits per heavy atom. The predicted octanol–water partition coefficient (Wildman–Crippen LogP) is 2.99. The van der Waals surface area contributed by atoms with Gasteiger partial charge in [0.05, 0.1) is 5.56 Å². The van der Waals surface area contributed by atoms with Gasteiger partial charge in [-0.15, -0.1) is 0 Å². The highest BCUT2D eigenvalue weighted by Gasteiger charge is 2.23. The van der Waals surface area contributed by atoms with E-state index in [0.29, 0.717) is 11.6 Å². The molecule has 1 aliphatic rings. The zero-order valence-electron chi connectivity index (χ0n) is 9.44. The zero-order chi connectivity index (χ0) is 11.5. The summed E-state index contributed by atoms with van der Waals surface area (Å²) >= 11 is 0. The minimum atomic E-state index is -0.873. The van der Waals surface area contributed by atoms with Crippen molar-refractivity contribution in [3.8, 4) is 0 Å². The molecule has 3 heteroatoms. The molecule has 1 fully saturated rings. The molecule has 3 nitrogen and oxygen atoms in total. The molecule has 0 amide bonds. The SMILES string of the molecule is CC(CC1CC1)Nc1ccccc1C(=O)O. The number of rotatable bonds is 5. The molecule has 1 aromatic carbocycles. The van der Waals surface area contributed by atoms with E-state index >= 15 is 0 Å².